The highest BCUT2D eigenvalue weighted by Crippen LogP contribution is 2.27. The Bertz CT molecular complexity index is 637. The molecule has 0 heterocycles. The third-order valence-corrected chi connectivity index (χ3v) is 6.84. The van der Waals surface area contributed by atoms with Gasteiger partial charge in [-0.1, -0.05) is 39.8 Å². The second-order valence-electron chi connectivity index (χ2n) is 8.78. The minimum absolute atomic E-state index is 0.00763. The van der Waals surface area contributed by atoms with Gasteiger partial charge in [0.1, 0.15) is 5.75 Å². The third-order valence-electron chi connectivity index (χ3n) is 4.92. The van der Waals surface area contributed by atoms with Crippen LogP contribution in [-0.2, 0) is 9.84 Å². The molecule has 0 spiro atoms. The molecule has 142 valence electrons. The van der Waals surface area contributed by atoms with Crippen LogP contribution < -0.4 is 4.74 Å². The van der Waals surface area contributed by atoms with E-state index in [1.54, 1.807) is 0 Å². The van der Waals surface area contributed by atoms with E-state index in [9.17, 15) is 8.42 Å². The zero-order chi connectivity index (χ0) is 18.5. The fraction of sp³-hybridized carbons (Fsp3) is 0.714. The van der Waals surface area contributed by atoms with Crippen molar-refractivity contribution >= 4 is 9.84 Å². The SMILES string of the molecule is C[C@@H](CS(=O)(=O)CCCC(C)(C)C)c1cccc(OC2CCCC2)c1. The number of benzene rings is 1. The molecule has 1 atom stereocenters. The van der Waals surface area contributed by atoms with Gasteiger partial charge in [-0.2, -0.15) is 0 Å². The first-order chi connectivity index (χ1) is 11.6. The molecule has 1 aliphatic rings. The van der Waals surface area contributed by atoms with E-state index in [1.165, 1.54) is 12.8 Å². The van der Waals surface area contributed by atoms with Gasteiger partial charge < -0.3 is 4.74 Å². The van der Waals surface area contributed by atoms with Gasteiger partial charge in [0.05, 0.1) is 17.6 Å². The van der Waals surface area contributed by atoms with Crippen molar-refractivity contribution in [2.45, 2.75) is 78.2 Å². The van der Waals surface area contributed by atoms with Crippen molar-refractivity contribution < 1.29 is 13.2 Å². The summed E-state index contributed by atoms with van der Waals surface area (Å²) in [5, 5.41) is 0. The van der Waals surface area contributed by atoms with Crippen LogP contribution >= 0.6 is 0 Å². The van der Waals surface area contributed by atoms with Crippen molar-refractivity contribution in [3.05, 3.63) is 29.8 Å². The van der Waals surface area contributed by atoms with Crippen molar-refractivity contribution in [1.82, 2.24) is 0 Å². The monoisotopic (exact) mass is 366 g/mol. The van der Waals surface area contributed by atoms with Crippen LogP contribution in [0.2, 0.25) is 0 Å². The molecule has 1 aliphatic carbocycles. The fourth-order valence-corrected chi connectivity index (χ4v) is 5.18. The number of ether oxygens (including phenoxy) is 1. The van der Waals surface area contributed by atoms with Gasteiger partial charge >= 0.3 is 0 Å². The van der Waals surface area contributed by atoms with Crippen LogP contribution in [0.4, 0.5) is 0 Å². The normalized spacial score (nSPS) is 17.6. The molecule has 1 aromatic carbocycles. The van der Waals surface area contributed by atoms with E-state index in [2.05, 4.69) is 20.8 Å². The summed E-state index contributed by atoms with van der Waals surface area (Å²) in [6.45, 7) is 8.45. The Balaban J connectivity index is 1.91. The van der Waals surface area contributed by atoms with Gasteiger partial charge in [0.2, 0.25) is 0 Å². The van der Waals surface area contributed by atoms with Gasteiger partial charge in [-0.05, 0) is 67.6 Å². The first-order valence-electron chi connectivity index (χ1n) is 9.62. The maximum absolute atomic E-state index is 12.4. The molecule has 1 fully saturated rings. The standard InChI is InChI=1S/C21H34O3S/c1-17(16-25(22,23)14-8-13-21(2,3)4)18-9-7-12-20(15-18)24-19-10-5-6-11-19/h7,9,12,15,17,19H,5-6,8,10-11,13-14,16H2,1-4H3/t17-/m0/s1. The summed E-state index contributed by atoms with van der Waals surface area (Å²) in [5.41, 5.74) is 1.24. The molecule has 3 nitrogen and oxygen atoms in total. The lowest BCUT2D eigenvalue weighted by Crippen LogP contribution is -2.18. The van der Waals surface area contributed by atoms with E-state index in [-0.39, 0.29) is 22.8 Å². The Morgan fingerprint density at radius 1 is 1.20 bits per heavy atom. The Hall–Kier alpha value is -1.03. The van der Waals surface area contributed by atoms with Gasteiger partial charge in [0, 0.05) is 0 Å². The van der Waals surface area contributed by atoms with Crippen LogP contribution in [0.3, 0.4) is 0 Å². The summed E-state index contributed by atoms with van der Waals surface area (Å²) in [6, 6.07) is 7.99. The molecule has 2 rings (SSSR count). The Morgan fingerprint density at radius 3 is 2.52 bits per heavy atom. The summed E-state index contributed by atoms with van der Waals surface area (Å²) < 4.78 is 30.9. The van der Waals surface area contributed by atoms with E-state index in [0.717, 1.165) is 37.0 Å². The van der Waals surface area contributed by atoms with E-state index < -0.39 is 9.84 Å². The molecular weight excluding hydrogens is 332 g/mol. The van der Waals surface area contributed by atoms with E-state index >= 15 is 0 Å². The average Bonchev–Trinajstić information content (AvgIpc) is 2.98. The lowest BCUT2D eigenvalue weighted by atomic mass is 9.91. The van der Waals surface area contributed by atoms with Crippen molar-refractivity contribution in [2.75, 3.05) is 11.5 Å². The lowest BCUT2D eigenvalue weighted by molar-refractivity contribution is 0.210. The summed E-state index contributed by atoms with van der Waals surface area (Å²) in [7, 11) is -3.03. The molecule has 0 aromatic heterocycles. The molecule has 0 bridgehead atoms. The van der Waals surface area contributed by atoms with Gasteiger partial charge in [-0.15, -0.1) is 0 Å². The second-order valence-corrected chi connectivity index (χ2v) is 11.0. The molecule has 1 saturated carbocycles. The van der Waals surface area contributed by atoms with Crippen molar-refractivity contribution in [3.63, 3.8) is 0 Å². The van der Waals surface area contributed by atoms with Crippen LogP contribution in [0.15, 0.2) is 24.3 Å². The number of rotatable bonds is 8. The molecule has 0 N–H and O–H groups in total. The van der Waals surface area contributed by atoms with E-state index in [4.69, 9.17) is 4.74 Å². The molecule has 0 aliphatic heterocycles. The number of sulfone groups is 1. The summed E-state index contributed by atoms with van der Waals surface area (Å²) in [6.07, 6.45) is 6.74. The Kier molecular flexibility index (Phi) is 6.95. The molecular formula is C21H34O3S. The minimum Gasteiger partial charge on any atom is -0.490 e. The van der Waals surface area contributed by atoms with Gasteiger partial charge in [0.15, 0.2) is 9.84 Å². The van der Waals surface area contributed by atoms with Crippen LogP contribution in [0.5, 0.6) is 5.75 Å². The zero-order valence-electron chi connectivity index (χ0n) is 16.3. The molecule has 0 radical (unpaired) electrons. The average molecular weight is 367 g/mol. The summed E-state index contributed by atoms with van der Waals surface area (Å²) in [5.74, 6) is 1.37. The predicted octanol–water partition coefficient (Wildman–Crippen LogP) is 5.35. The fourth-order valence-electron chi connectivity index (χ4n) is 3.48. The Labute approximate surface area is 154 Å². The van der Waals surface area contributed by atoms with Crippen molar-refractivity contribution in [1.29, 1.82) is 0 Å². The quantitative estimate of drug-likeness (QED) is 0.622. The van der Waals surface area contributed by atoms with Crippen molar-refractivity contribution in [3.8, 4) is 5.75 Å². The van der Waals surface area contributed by atoms with E-state index in [0.29, 0.717) is 6.10 Å². The van der Waals surface area contributed by atoms with E-state index in [1.807, 2.05) is 31.2 Å². The maximum atomic E-state index is 12.4. The Morgan fingerprint density at radius 2 is 1.88 bits per heavy atom. The third kappa shape index (κ3) is 7.39. The second kappa shape index (κ2) is 8.57. The maximum Gasteiger partial charge on any atom is 0.150 e. The van der Waals surface area contributed by atoms with Crippen LogP contribution in [0.1, 0.15) is 77.7 Å². The van der Waals surface area contributed by atoms with Gasteiger partial charge in [-0.3, -0.25) is 0 Å². The molecule has 0 unspecified atom stereocenters. The molecule has 0 saturated heterocycles. The molecule has 1 aromatic rings. The summed E-state index contributed by atoms with van der Waals surface area (Å²) >= 11 is 0. The zero-order valence-corrected chi connectivity index (χ0v) is 17.1. The summed E-state index contributed by atoms with van der Waals surface area (Å²) in [4.78, 5) is 0. The molecule has 0 amide bonds. The first-order valence-corrected chi connectivity index (χ1v) is 11.4. The number of hydrogen-bond donors (Lipinski definition) is 0. The highest BCUT2D eigenvalue weighted by atomic mass is 32.2. The largest absolute Gasteiger partial charge is 0.490 e. The van der Waals surface area contributed by atoms with Crippen LogP contribution in [0, 0.1) is 5.41 Å². The predicted molar refractivity (Wildman–Crippen MR) is 105 cm³/mol. The highest BCUT2D eigenvalue weighted by molar-refractivity contribution is 7.91. The van der Waals surface area contributed by atoms with Crippen LogP contribution in [-0.4, -0.2) is 26.0 Å². The molecule has 4 heteroatoms. The van der Waals surface area contributed by atoms with Gasteiger partial charge in [0.25, 0.3) is 0 Å². The van der Waals surface area contributed by atoms with Crippen molar-refractivity contribution in [2.24, 2.45) is 5.41 Å². The lowest BCUT2D eigenvalue weighted by Gasteiger charge is -2.19. The smallest absolute Gasteiger partial charge is 0.150 e. The number of hydrogen-bond acceptors (Lipinski definition) is 3. The minimum atomic E-state index is -3.03. The van der Waals surface area contributed by atoms with Gasteiger partial charge in [-0.25, -0.2) is 8.42 Å². The molecule has 25 heavy (non-hydrogen) atoms. The highest BCUT2D eigenvalue weighted by Gasteiger charge is 2.20. The van der Waals surface area contributed by atoms with Crippen LogP contribution in [0.25, 0.3) is 0 Å². The topological polar surface area (TPSA) is 43.4 Å². The first kappa shape index (κ1) is 20.3.